The van der Waals surface area contributed by atoms with Crippen LogP contribution in [-0.4, -0.2) is 19.3 Å². The van der Waals surface area contributed by atoms with Crippen LogP contribution in [0, 0.1) is 0 Å². The van der Waals surface area contributed by atoms with Crippen molar-refractivity contribution in [2.24, 2.45) is 0 Å². The van der Waals surface area contributed by atoms with Gasteiger partial charge in [-0.1, -0.05) is 0 Å². The van der Waals surface area contributed by atoms with Crippen LogP contribution in [-0.2, 0) is 4.74 Å². The number of rotatable bonds is 3. The Morgan fingerprint density at radius 2 is 2.53 bits per heavy atom. The zero-order valence-corrected chi connectivity index (χ0v) is 11.2. The van der Waals surface area contributed by atoms with Crippen LogP contribution in [0.3, 0.4) is 0 Å². The average Bonchev–Trinajstić information content (AvgIpc) is 2.66. The highest BCUT2D eigenvalue weighted by Gasteiger charge is 2.18. The van der Waals surface area contributed by atoms with Crippen LogP contribution in [0.15, 0.2) is 15.9 Å². The smallest absolute Gasteiger partial charge is 0.0619 e. The third kappa shape index (κ3) is 3.03. The molecule has 1 N–H and O–H groups in total. The van der Waals surface area contributed by atoms with Gasteiger partial charge in [0.15, 0.2) is 0 Å². The molecule has 1 aliphatic heterocycles. The molecule has 84 valence electrons. The van der Waals surface area contributed by atoms with E-state index in [2.05, 4.69) is 39.6 Å². The van der Waals surface area contributed by atoms with Crippen molar-refractivity contribution >= 4 is 27.3 Å². The molecule has 2 heterocycles. The van der Waals surface area contributed by atoms with Crippen LogP contribution in [0.25, 0.3) is 0 Å². The van der Waals surface area contributed by atoms with E-state index in [9.17, 15) is 0 Å². The molecule has 4 heteroatoms. The SMILES string of the molecule is CC(NC1CCCOC1)c1sccc1Br. The van der Waals surface area contributed by atoms with Gasteiger partial charge in [0, 0.05) is 28.0 Å². The molecule has 1 aromatic heterocycles. The summed E-state index contributed by atoms with van der Waals surface area (Å²) in [7, 11) is 0. The lowest BCUT2D eigenvalue weighted by Crippen LogP contribution is -2.38. The lowest BCUT2D eigenvalue weighted by molar-refractivity contribution is 0.0672. The first-order valence-corrected chi connectivity index (χ1v) is 7.01. The first-order valence-electron chi connectivity index (χ1n) is 5.34. The van der Waals surface area contributed by atoms with E-state index in [4.69, 9.17) is 4.74 Å². The highest BCUT2D eigenvalue weighted by molar-refractivity contribution is 9.10. The Labute approximate surface area is 103 Å². The third-order valence-electron chi connectivity index (χ3n) is 2.68. The van der Waals surface area contributed by atoms with Gasteiger partial charge in [-0.3, -0.25) is 0 Å². The molecule has 0 aromatic carbocycles. The van der Waals surface area contributed by atoms with Crippen molar-refractivity contribution in [2.75, 3.05) is 13.2 Å². The Morgan fingerprint density at radius 3 is 3.13 bits per heavy atom. The van der Waals surface area contributed by atoms with E-state index in [1.165, 1.54) is 22.2 Å². The first-order chi connectivity index (χ1) is 7.27. The van der Waals surface area contributed by atoms with Crippen LogP contribution < -0.4 is 5.32 Å². The van der Waals surface area contributed by atoms with E-state index in [1.54, 1.807) is 11.3 Å². The molecule has 0 bridgehead atoms. The predicted octanol–water partition coefficient (Wildman–Crippen LogP) is 3.34. The summed E-state index contributed by atoms with van der Waals surface area (Å²) in [5.41, 5.74) is 0. The molecule has 2 nitrogen and oxygen atoms in total. The topological polar surface area (TPSA) is 21.3 Å². The lowest BCUT2D eigenvalue weighted by atomic mass is 10.1. The minimum atomic E-state index is 0.408. The van der Waals surface area contributed by atoms with Gasteiger partial charge in [0.05, 0.1) is 6.61 Å². The molecule has 1 saturated heterocycles. The van der Waals surface area contributed by atoms with Gasteiger partial charge in [-0.25, -0.2) is 0 Å². The first kappa shape index (κ1) is 11.6. The van der Waals surface area contributed by atoms with Crippen LogP contribution in [0.4, 0.5) is 0 Å². The summed E-state index contributed by atoms with van der Waals surface area (Å²) < 4.78 is 6.67. The van der Waals surface area contributed by atoms with E-state index >= 15 is 0 Å². The second-order valence-corrected chi connectivity index (χ2v) is 5.74. The zero-order valence-electron chi connectivity index (χ0n) is 8.83. The van der Waals surface area contributed by atoms with Crippen LogP contribution in [0.2, 0.25) is 0 Å². The van der Waals surface area contributed by atoms with Crippen molar-refractivity contribution in [1.82, 2.24) is 5.32 Å². The summed E-state index contributed by atoms with van der Waals surface area (Å²) in [6.45, 7) is 3.99. The molecule has 2 unspecified atom stereocenters. The molecule has 15 heavy (non-hydrogen) atoms. The van der Waals surface area contributed by atoms with E-state index in [1.807, 2.05) is 0 Å². The molecule has 2 rings (SSSR count). The van der Waals surface area contributed by atoms with Gasteiger partial charge >= 0.3 is 0 Å². The molecule has 0 aliphatic carbocycles. The van der Waals surface area contributed by atoms with E-state index in [0.717, 1.165) is 13.2 Å². The fraction of sp³-hybridized carbons (Fsp3) is 0.636. The van der Waals surface area contributed by atoms with Gasteiger partial charge in [0.25, 0.3) is 0 Å². The Bertz CT molecular complexity index is 309. The highest BCUT2D eigenvalue weighted by atomic mass is 79.9. The molecule has 0 spiro atoms. The van der Waals surface area contributed by atoms with Gasteiger partial charge in [0.1, 0.15) is 0 Å². The van der Waals surface area contributed by atoms with E-state index in [0.29, 0.717) is 12.1 Å². The number of ether oxygens (including phenoxy) is 1. The normalized spacial score (nSPS) is 24.0. The molecular formula is C11H16BrNOS. The van der Waals surface area contributed by atoms with Crippen molar-refractivity contribution in [1.29, 1.82) is 0 Å². The monoisotopic (exact) mass is 289 g/mol. The minimum Gasteiger partial charge on any atom is -0.380 e. The van der Waals surface area contributed by atoms with Crippen molar-refractivity contribution in [2.45, 2.75) is 31.8 Å². The van der Waals surface area contributed by atoms with Gasteiger partial charge in [-0.05, 0) is 47.1 Å². The van der Waals surface area contributed by atoms with Gasteiger partial charge in [0.2, 0.25) is 0 Å². The van der Waals surface area contributed by atoms with Crippen molar-refractivity contribution < 1.29 is 4.74 Å². The standard InChI is InChI=1S/C11H16BrNOS/c1-8(11-10(12)4-6-15-11)13-9-3-2-5-14-7-9/h4,6,8-9,13H,2-3,5,7H2,1H3. The Kier molecular flexibility index (Phi) is 4.20. The maximum absolute atomic E-state index is 5.46. The van der Waals surface area contributed by atoms with Crippen molar-refractivity contribution in [3.05, 3.63) is 20.8 Å². The highest BCUT2D eigenvalue weighted by Crippen LogP contribution is 2.29. The van der Waals surface area contributed by atoms with Crippen LogP contribution in [0.5, 0.6) is 0 Å². The zero-order chi connectivity index (χ0) is 10.7. The Hall–Kier alpha value is 0.100. The predicted molar refractivity (Wildman–Crippen MR) is 67.4 cm³/mol. The Balaban J connectivity index is 1.91. The van der Waals surface area contributed by atoms with Crippen molar-refractivity contribution in [3.63, 3.8) is 0 Å². The number of hydrogen-bond acceptors (Lipinski definition) is 3. The number of thiophene rings is 1. The molecule has 0 saturated carbocycles. The summed E-state index contributed by atoms with van der Waals surface area (Å²) in [4.78, 5) is 1.38. The van der Waals surface area contributed by atoms with Crippen LogP contribution in [0.1, 0.15) is 30.7 Å². The summed E-state index contributed by atoms with van der Waals surface area (Å²) in [5, 5.41) is 5.74. The Morgan fingerprint density at radius 1 is 1.67 bits per heavy atom. The van der Waals surface area contributed by atoms with Gasteiger partial charge in [-0.15, -0.1) is 11.3 Å². The van der Waals surface area contributed by atoms with E-state index < -0.39 is 0 Å². The summed E-state index contributed by atoms with van der Waals surface area (Å²) in [6, 6.07) is 3.03. The third-order valence-corrected chi connectivity index (χ3v) is 4.74. The number of halogens is 1. The molecule has 2 atom stereocenters. The largest absolute Gasteiger partial charge is 0.380 e. The van der Waals surface area contributed by atoms with Gasteiger partial charge < -0.3 is 10.1 Å². The second-order valence-electron chi connectivity index (χ2n) is 3.94. The molecule has 1 aliphatic rings. The van der Waals surface area contributed by atoms with Gasteiger partial charge in [-0.2, -0.15) is 0 Å². The number of nitrogens with one attached hydrogen (secondary N) is 1. The second kappa shape index (κ2) is 5.43. The maximum Gasteiger partial charge on any atom is 0.0619 e. The molecule has 0 radical (unpaired) electrons. The fourth-order valence-electron chi connectivity index (χ4n) is 1.92. The fourth-order valence-corrected chi connectivity index (χ4v) is 3.65. The minimum absolute atomic E-state index is 0.408. The van der Waals surface area contributed by atoms with E-state index in [-0.39, 0.29) is 0 Å². The lowest BCUT2D eigenvalue weighted by Gasteiger charge is -2.26. The maximum atomic E-state index is 5.46. The quantitative estimate of drug-likeness (QED) is 0.922. The summed E-state index contributed by atoms with van der Waals surface area (Å²) >= 11 is 5.37. The molecule has 0 amide bonds. The summed E-state index contributed by atoms with van der Waals surface area (Å²) in [6.07, 6.45) is 2.41. The molecule has 1 fully saturated rings. The molecular weight excluding hydrogens is 274 g/mol. The molecule has 1 aromatic rings. The average molecular weight is 290 g/mol. The van der Waals surface area contributed by atoms with Crippen molar-refractivity contribution in [3.8, 4) is 0 Å². The van der Waals surface area contributed by atoms with Crippen LogP contribution >= 0.6 is 27.3 Å². The number of hydrogen-bond donors (Lipinski definition) is 1. The summed E-state index contributed by atoms with van der Waals surface area (Å²) in [5.74, 6) is 0.